The van der Waals surface area contributed by atoms with E-state index in [-0.39, 0.29) is 0 Å². The second-order valence-electron chi connectivity index (χ2n) is 5.58. The quantitative estimate of drug-likeness (QED) is 0.658. The summed E-state index contributed by atoms with van der Waals surface area (Å²) < 4.78 is 5.14. The van der Waals surface area contributed by atoms with Crippen LogP contribution in [0.5, 0.6) is 0 Å². The van der Waals surface area contributed by atoms with E-state index in [4.69, 9.17) is 4.74 Å². The Balaban J connectivity index is 1.83. The number of ether oxygens (including phenoxy) is 1. The number of H-pyrrole nitrogens is 1. The van der Waals surface area contributed by atoms with E-state index in [0.29, 0.717) is 13.0 Å². The third-order valence-electron chi connectivity index (χ3n) is 2.59. The fourth-order valence-corrected chi connectivity index (χ4v) is 1.76. The fraction of sp³-hybridized carbons (Fsp3) is 0.375. The molecule has 0 aromatic carbocycles. The molecule has 2 rings (SSSR count). The van der Waals surface area contributed by atoms with Crippen molar-refractivity contribution in [2.24, 2.45) is 0 Å². The molecule has 2 heterocycles. The molecule has 110 valence electrons. The van der Waals surface area contributed by atoms with Gasteiger partial charge in [-0.05, 0) is 32.9 Å². The zero-order valence-electron chi connectivity index (χ0n) is 12.5. The van der Waals surface area contributed by atoms with Gasteiger partial charge in [0.25, 0.3) is 0 Å². The third-order valence-corrected chi connectivity index (χ3v) is 2.59. The number of fused-ring (bicyclic) bond motifs is 1. The molecule has 1 amide bonds. The maximum absolute atomic E-state index is 11.4. The highest BCUT2D eigenvalue weighted by Gasteiger charge is 2.15. The van der Waals surface area contributed by atoms with Gasteiger partial charge in [-0.3, -0.25) is 0 Å². The van der Waals surface area contributed by atoms with Gasteiger partial charge in [-0.1, -0.05) is 11.8 Å². The number of nitrogens with one attached hydrogen (secondary N) is 2. The SMILES string of the molecule is CC(C)(C)OC(=O)NCCC#Cc1c[nH]c2ncccc12. The van der Waals surface area contributed by atoms with Crippen LogP contribution in [0.2, 0.25) is 0 Å². The molecular weight excluding hydrogens is 266 g/mol. The van der Waals surface area contributed by atoms with Crippen LogP contribution >= 0.6 is 0 Å². The average molecular weight is 285 g/mol. The monoisotopic (exact) mass is 285 g/mol. The van der Waals surface area contributed by atoms with Crippen LogP contribution in [0.25, 0.3) is 11.0 Å². The summed E-state index contributed by atoms with van der Waals surface area (Å²) in [5.41, 5.74) is 1.26. The van der Waals surface area contributed by atoms with Crippen LogP contribution in [-0.2, 0) is 4.74 Å². The van der Waals surface area contributed by atoms with E-state index in [1.807, 2.05) is 39.1 Å². The second-order valence-corrected chi connectivity index (χ2v) is 5.58. The molecule has 0 spiro atoms. The number of alkyl carbamates (subject to hydrolysis) is 1. The molecule has 0 unspecified atom stereocenters. The van der Waals surface area contributed by atoms with Gasteiger partial charge in [-0.15, -0.1) is 0 Å². The molecule has 0 atom stereocenters. The van der Waals surface area contributed by atoms with E-state index in [1.165, 1.54) is 0 Å². The fourth-order valence-electron chi connectivity index (χ4n) is 1.76. The molecule has 5 nitrogen and oxygen atoms in total. The number of hydrogen-bond donors (Lipinski definition) is 2. The molecule has 0 aliphatic carbocycles. The number of pyridine rings is 1. The van der Waals surface area contributed by atoms with Crippen molar-refractivity contribution in [2.75, 3.05) is 6.54 Å². The summed E-state index contributed by atoms with van der Waals surface area (Å²) in [4.78, 5) is 18.7. The van der Waals surface area contributed by atoms with E-state index >= 15 is 0 Å². The first-order chi connectivity index (χ1) is 9.96. The highest BCUT2D eigenvalue weighted by Crippen LogP contribution is 2.13. The Morgan fingerprint density at radius 2 is 2.29 bits per heavy atom. The molecule has 5 heteroatoms. The molecule has 0 aliphatic heterocycles. The number of carbonyl (C=O) groups excluding carboxylic acids is 1. The van der Waals surface area contributed by atoms with E-state index in [1.54, 1.807) is 6.20 Å². The number of aromatic nitrogens is 2. The van der Waals surface area contributed by atoms with Crippen LogP contribution in [0.1, 0.15) is 32.8 Å². The summed E-state index contributed by atoms with van der Waals surface area (Å²) in [5, 5.41) is 3.68. The van der Waals surface area contributed by atoms with Crippen LogP contribution in [-0.4, -0.2) is 28.2 Å². The van der Waals surface area contributed by atoms with Crippen molar-refractivity contribution >= 4 is 17.1 Å². The van der Waals surface area contributed by atoms with Gasteiger partial charge in [0.1, 0.15) is 11.2 Å². The largest absolute Gasteiger partial charge is 0.444 e. The predicted octanol–water partition coefficient (Wildman–Crippen LogP) is 2.83. The first kappa shape index (κ1) is 14.9. The highest BCUT2D eigenvalue weighted by molar-refractivity contribution is 5.82. The molecular formula is C16H19N3O2. The van der Waals surface area contributed by atoms with Crippen molar-refractivity contribution in [3.63, 3.8) is 0 Å². The molecule has 2 aromatic heterocycles. The maximum atomic E-state index is 11.4. The Morgan fingerprint density at radius 1 is 1.48 bits per heavy atom. The molecule has 0 saturated carbocycles. The molecule has 0 aliphatic rings. The Hall–Kier alpha value is -2.48. The summed E-state index contributed by atoms with van der Waals surface area (Å²) >= 11 is 0. The van der Waals surface area contributed by atoms with Crippen LogP contribution in [0, 0.1) is 11.8 Å². The van der Waals surface area contributed by atoms with Crippen molar-refractivity contribution in [3.05, 3.63) is 30.1 Å². The molecule has 2 N–H and O–H groups in total. The van der Waals surface area contributed by atoms with Gasteiger partial charge in [0.2, 0.25) is 0 Å². The lowest BCUT2D eigenvalue weighted by molar-refractivity contribution is 0.0529. The van der Waals surface area contributed by atoms with Gasteiger partial charge in [0.15, 0.2) is 0 Å². The smallest absolute Gasteiger partial charge is 0.407 e. The van der Waals surface area contributed by atoms with Crippen LogP contribution in [0.15, 0.2) is 24.5 Å². The minimum Gasteiger partial charge on any atom is -0.444 e. The first-order valence-corrected chi connectivity index (χ1v) is 6.83. The first-order valence-electron chi connectivity index (χ1n) is 6.83. The van der Waals surface area contributed by atoms with Gasteiger partial charge in [-0.25, -0.2) is 9.78 Å². The predicted molar refractivity (Wildman–Crippen MR) is 81.8 cm³/mol. The summed E-state index contributed by atoms with van der Waals surface area (Å²) in [5.74, 6) is 6.11. The zero-order valence-corrected chi connectivity index (χ0v) is 12.5. The molecule has 21 heavy (non-hydrogen) atoms. The summed E-state index contributed by atoms with van der Waals surface area (Å²) in [6.45, 7) is 5.95. The zero-order chi connectivity index (χ0) is 15.3. The molecule has 0 bridgehead atoms. The molecule has 0 saturated heterocycles. The van der Waals surface area contributed by atoms with Crippen molar-refractivity contribution in [3.8, 4) is 11.8 Å². The van der Waals surface area contributed by atoms with Crippen LogP contribution in [0.3, 0.4) is 0 Å². The molecule has 0 fully saturated rings. The van der Waals surface area contributed by atoms with Crippen molar-refractivity contribution < 1.29 is 9.53 Å². The van der Waals surface area contributed by atoms with Gasteiger partial charge in [0.05, 0.1) is 5.56 Å². The number of amides is 1. The topological polar surface area (TPSA) is 67.0 Å². The lowest BCUT2D eigenvalue weighted by Crippen LogP contribution is -2.32. The van der Waals surface area contributed by atoms with Crippen molar-refractivity contribution in [2.45, 2.75) is 32.8 Å². The standard InChI is InChI=1S/C16H19N3O2/c1-16(2,3)21-15(20)18-9-5-4-7-12-11-19-14-13(12)8-6-10-17-14/h6,8,10-11H,5,9H2,1-3H3,(H,17,19)(H,18,20). The minimum atomic E-state index is -0.479. The van der Waals surface area contributed by atoms with Crippen LogP contribution in [0.4, 0.5) is 4.79 Å². The number of rotatable bonds is 2. The lowest BCUT2D eigenvalue weighted by atomic mass is 10.2. The Labute approximate surface area is 124 Å². The van der Waals surface area contributed by atoms with Crippen molar-refractivity contribution in [1.82, 2.24) is 15.3 Å². The normalized spacial score (nSPS) is 10.8. The van der Waals surface area contributed by atoms with Gasteiger partial charge >= 0.3 is 6.09 Å². The Bertz CT molecular complexity index is 687. The molecule has 0 radical (unpaired) electrons. The highest BCUT2D eigenvalue weighted by atomic mass is 16.6. The minimum absolute atomic E-state index is 0.416. The number of aromatic amines is 1. The maximum Gasteiger partial charge on any atom is 0.407 e. The Morgan fingerprint density at radius 3 is 3.05 bits per heavy atom. The summed E-state index contributed by atoms with van der Waals surface area (Å²) in [7, 11) is 0. The van der Waals surface area contributed by atoms with Gasteiger partial charge in [0, 0.05) is 30.7 Å². The third kappa shape index (κ3) is 4.53. The number of carbonyl (C=O) groups is 1. The summed E-state index contributed by atoms with van der Waals surface area (Å²) in [6.07, 6.45) is 3.72. The molecule has 2 aromatic rings. The Kier molecular flexibility index (Phi) is 4.49. The van der Waals surface area contributed by atoms with E-state index in [2.05, 4.69) is 27.1 Å². The van der Waals surface area contributed by atoms with Gasteiger partial charge in [-0.2, -0.15) is 0 Å². The summed E-state index contributed by atoms with van der Waals surface area (Å²) in [6, 6.07) is 3.85. The lowest BCUT2D eigenvalue weighted by Gasteiger charge is -2.19. The van der Waals surface area contributed by atoms with E-state index in [9.17, 15) is 4.79 Å². The number of hydrogen-bond acceptors (Lipinski definition) is 3. The average Bonchev–Trinajstić information content (AvgIpc) is 2.80. The van der Waals surface area contributed by atoms with Crippen molar-refractivity contribution in [1.29, 1.82) is 0 Å². The van der Waals surface area contributed by atoms with Gasteiger partial charge < -0.3 is 15.0 Å². The van der Waals surface area contributed by atoms with Crippen LogP contribution < -0.4 is 5.32 Å². The number of nitrogens with zero attached hydrogens (tertiary/aromatic N) is 1. The second kappa shape index (κ2) is 6.31. The van der Waals surface area contributed by atoms with E-state index in [0.717, 1.165) is 16.6 Å². The van der Waals surface area contributed by atoms with E-state index < -0.39 is 11.7 Å².